The molecule has 5 heterocycles. The third-order valence-corrected chi connectivity index (χ3v) is 25.0. The topological polar surface area (TPSA) is 576 Å². The van der Waals surface area contributed by atoms with E-state index in [9.17, 15) is 90.6 Å². The fourth-order valence-corrected chi connectivity index (χ4v) is 17.3. The Balaban J connectivity index is 1.07. The van der Waals surface area contributed by atoms with E-state index in [4.69, 9.17) is 19.9 Å². The fourth-order valence-electron chi connectivity index (χ4n) is 11.9. The number of aromatic amines is 1. The Morgan fingerprint density at radius 2 is 1.50 bits per heavy atom. The number of carbonyl (C=O) groups excluding carboxylic acids is 13. The van der Waals surface area contributed by atoms with Crippen LogP contribution in [0.25, 0.3) is 21.9 Å². The van der Waals surface area contributed by atoms with Gasteiger partial charge in [0.05, 0.1) is 115 Å². The zero-order valence-electron chi connectivity index (χ0n) is 62.5. The molecular weight excluding hydrogens is 1700 g/mol. The van der Waals surface area contributed by atoms with Gasteiger partial charge in [-0.1, -0.05) is 80.6 Å². The minimum absolute atomic E-state index is 0.00878. The Morgan fingerprint density at radius 1 is 0.823 bits per heavy atom. The first kappa shape index (κ1) is 91.9. The molecule has 3 aliphatic heterocycles. The van der Waals surface area contributed by atoms with Crippen LogP contribution in [0.5, 0.6) is 5.75 Å². The number of amides is 13. The third-order valence-electron chi connectivity index (χ3n) is 18.5. The largest absolute Gasteiger partial charge is 0.414 e. The van der Waals surface area contributed by atoms with Crippen LogP contribution in [0.4, 0.5) is 4.79 Å². The second kappa shape index (κ2) is 42.9. The van der Waals surface area contributed by atoms with Gasteiger partial charge in [-0.2, -0.15) is 8.42 Å². The number of rotatable bonds is 31. The summed E-state index contributed by atoms with van der Waals surface area (Å²) in [5, 5.41) is 57.9. The number of nitrogens with zero attached hydrogens (tertiary/aromatic N) is 4. The second-order valence-corrected chi connectivity index (χ2v) is 34.5. The molecule has 0 spiro atoms. The van der Waals surface area contributed by atoms with Gasteiger partial charge in [0.1, 0.15) is 53.1 Å². The van der Waals surface area contributed by atoms with Crippen molar-refractivity contribution in [3.05, 3.63) is 58.9 Å². The minimum atomic E-state index is -4.49. The molecule has 2 bridgehead atoms. The minimum Gasteiger partial charge on any atom is -0.410 e. The number of hydrogen-bond acceptors (Lipinski definition) is 26. The van der Waals surface area contributed by atoms with Gasteiger partial charge < -0.3 is 103 Å². The van der Waals surface area contributed by atoms with Crippen LogP contribution in [0.3, 0.4) is 0 Å². The molecule has 2 aromatic carbocycles. The highest BCUT2D eigenvalue weighted by Crippen LogP contribution is 2.39. The third kappa shape index (κ3) is 26.7. The van der Waals surface area contributed by atoms with E-state index in [1.807, 2.05) is 0 Å². The van der Waals surface area contributed by atoms with Gasteiger partial charge in [-0.05, 0) is 55.7 Å². The predicted octanol–water partition coefficient (Wildman–Crippen LogP) is -2.96. The Kier molecular flexibility index (Phi) is 34.9. The monoisotopic (exact) mass is 1790 g/mol. The van der Waals surface area contributed by atoms with Gasteiger partial charge in [-0.15, -0.1) is 0 Å². The molecule has 45 heteroatoms. The molecule has 0 saturated carbocycles. The maximum Gasteiger partial charge on any atom is 0.414 e. The van der Waals surface area contributed by atoms with Gasteiger partial charge >= 0.3 is 6.09 Å². The summed E-state index contributed by atoms with van der Waals surface area (Å²) in [5.41, 5.74) is 8.70. The average molecular weight is 1790 g/mol. The van der Waals surface area contributed by atoms with Crippen molar-refractivity contribution in [2.75, 3.05) is 96.6 Å². The van der Waals surface area contributed by atoms with Crippen LogP contribution in [0, 0.1) is 11.8 Å². The van der Waals surface area contributed by atoms with Crippen LogP contribution in [-0.2, 0) is 100 Å². The van der Waals surface area contributed by atoms with E-state index in [1.54, 1.807) is 45.9 Å². The summed E-state index contributed by atoms with van der Waals surface area (Å²) in [6, 6.07) is -2.92. The number of aliphatic hydroxyl groups is 3. The first-order valence-corrected chi connectivity index (χ1v) is 43.2. The van der Waals surface area contributed by atoms with Gasteiger partial charge in [0.15, 0.2) is 0 Å². The number of benzene rings is 2. The van der Waals surface area contributed by atoms with Crippen molar-refractivity contribution in [3.8, 4) is 5.75 Å². The van der Waals surface area contributed by atoms with E-state index in [1.165, 1.54) is 47.9 Å². The van der Waals surface area contributed by atoms with Crippen molar-refractivity contribution in [1.82, 2.24) is 77.9 Å². The summed E-state index contributed by atoms with van der Waals surface area (Å²) < 4.78 is 63.5. The van der Waals surface area contributed by atoms with E-state index in [2.05, 4.69) is 100.0 Å². The van der Waals surface area contributed by atoms with E-state index < -0.39 is 227 Å². The van der Waals surface area contributed by atoms with E-state index in [0.717, 1.165) is 27.1 Å². The van der Waals surface area contributed by atoms with Crippen molar-refractivity contribution in [2.45, 2.75) is 142 Å². The lowest BCUT2D eigenvalue weighted by molar-refractivity contribution is -0.144. The van der Waals surface area contributed by atoms with Gasteiger partial charge in [0, 0.05) is 96.6 Å². The Hall–Kier alpha value is -8.25. The molecule has 1 fully saturated rings. The van der Waals surface area contributed by atoms with Crippen molar-refractivity contribution in [1.29, 1.82) is 0 Å². The molecule has 4 aromatic rings. The highest BCUT2D eigenvalue weighted by Gasteiger charge is 2.46. The van der Waals surface area contributed by atoms with Crippen molar-refractivity contribution >= 4 is 173 Å². The van der Waals surface area contributed by atoms with Crippen LogP contribution in [0.15, 0.2) is 41.4 Å². The number of halogens is 2. The maximum atomic E-state index is 15.3. The van der Waals surface area contributed by atoms with Crippen molar-refractivity contribution in [3.63, 3.8) is 0 Å². The number of primary amides is 1. The van der Waals surface area contributed by atoms with Gasteiger partial charge in [-0.3, -0.25) is 66.3 Å². The SMILES string of the molecule is CC[C@H](C)[C@@H]1NC(=O)CNC(=O)[C@H]2Cc3c([nH]c4cc(OC(=O)N(C)CCSSC(C)(C)C(NC(=O)CCOCCOCCNC(=O)c5ccc6nc(CBr)c(CBr)nc6c5)C(=O)NCCS(=O)(=O)O)ccc34)S(=O)C[C@H](NC(=O)CNC1=O)C(=O)N[C@@H](CC(N)=O)C(=O)N1C[C@H](O)C[C@H]1C(=O)N[C@@H]([C@@H](C)[C@@H](O)CO)C(=O)N2. The zero-order chi connectivity index (χ0) is 83.2. The summed E-state index contributed by atoms with van der Waals surface area (Å²) >= 11 is 6.83. The van der Waals surface area contributed by atoms with Crippen LogP contribution in [0.2, 0.25) is 0 Å². The summed E-state index contributed by atoms with van der Waals surface area (Å²) in [4.78, 5) is 195. The van der Waals surface area contributed by atoms with Crippen LogP contribution < -0.4 is 63.6 Å². The number of carbonyl (C=O) groups is 13. The fraction of sp³-hybridized carbons (Fsp3) is 0.574. The Morgan fingerprint density at radius 3 is 2.16 bits per heavy atom. The molecule has 2 aromatic heterocycles. The summed E-state index contributed by atoms with van der Waals surface area (Å²) in [6.07, 6.45) is -6.08. The number of hydrogen-bond donors (Lipinski definition) is 16. The first-order valence-electron chi connectivity index (χ1n) is 35.7. The number of H-pyrrole nitrogens is 1. The Labute approximate surface area is 676 Å². The summed E-state index contributed by atoms with van der Waals surface area (Å²) in [5.74, 6) is -15.3. The summed E-state index contributed by atoms with van der Waals surface area (Å²) in [6.45, 7) is 4.49. The molecule has 2 unspecified atom stereocenters. The quantitative estimate of drug-likeness (QED) is 0.0104. The number of alkyl halides is 2. The molecule has 622 valence electrons. The smallest absolute Gasteiger partial charge is 0.410 e. The maximum absolute atomic E-state index is 15.3. The number of aromatic nitrogens is 3. The van der Waals surface area contributed by atoms with Gasteiger partial charge in [0.2, 0.25) is 65.0 Å². The summed E-state index contributed by atoms with van der Waals surface area (Å²) in [7, 11) is -3.34. The van der Waals surface area contributed by atoms with Gasteiger partial charge in [0.25, 0.3) is 16.0 Å². The molecule has 3 aliphatic rings. The zero-order valence-corrected chi connectivity index (χ0v) is 68.9. The number of fused-ring (bicyclic) bond motifs is 6. The molecule has 0 radical (unpaired) electrons. The van der Waals surface area contributed by atoms with Crippen molar-refractivity contribution in [2.24, 2.45) is 17.6 Å². The molecule has 113 heavy (non-hydrogen) atoms. The molecule has 12 atom stereocenters. The van der Waals surface area contributed by atoms with Crippen LogP contribution in [0.1, 0.15) is 87.6 Å². The van der Waals surface area contributed by atoms with Gasteiger partial charge in [-0.25, -0.2) is 14.8 Å². The van der Waals surface area contributed by atoms with E-state index >= 15 is 4.21 Å². The standard InChI is InChI=1S/C68H94Br2N16O23S4/c1-7-34(2)55-62(98)75-29-53(92)78-48-33-112(103)65-40(25-44(59(95)74-30-54(93)82-55)79-63(99)56(35(3)50(89)32-87)84-61(97)49-23-37(88)31-86(49)66(101)45(26-51(71)90)80-60(48)96)39-10-9-38(24-42(39)81-65)109-67(102)85(6)15-20-110-111-68(4,5)57(64(100)73-14-21-113(104,105)106)83-52(91)12-16-107-18-19-108-17-13-72-58(94)36-8-11-41-43(22-36)77-47(28-70)46(27-69)76-41/h8-11,22,24,34-35,37,44-45,48-50,55-57,81,87-89H,7,12-21,23,25-33H2,1-6H3,(H2,71,90)(H,72,94)(H,73,100)(H,74,95)(H,75,98)(H,78,92)(H,79,99)(H,80,96)(H,82,93)(H,83,91)(H,84,97)(H,104,105,106)/t34-,35-,37+,44+,45-,48-,49-,50-,55-,56-,57?,112?/m0/s1. The number of aliphatic hydroxyl groups excluding tert-OH is 3. The molecule has 13 amide bonds. The number of nitrogens with one attached hydrogen (secondary N) is 11. The number of nitrogens with two attached hydrogens (primary N) is 1. The Bertz CT molecular complexity index is 4320. The lowest BCUT2D eigenvalue weighted by Gasteiger charge is -2.33. The molecule has 0 aliphatic carbocycles. The normalized spacial score (nSPS) is 21.6. The predicted molar refractivity (Wildman–Crippen MR) is 418 cm³/mol. The van der Waals surface area contributed by atoms with Crippen LogP contribution in [-0.4, -0.2) is 290 Å². The lowest BCUT2D eigenvalue weighted by atomic mass is 9.93. The van der Waals surface area contributed by atoms with Crippen molar-refractivity contribution < 1.29 is 109 Å². The van der Waals surface area contributed by atoms with Crippen LogP contribution >= 0.6 is 53.4 Å². The van der Waals surface area contributed by atoms with E-state index in [0.29, 0.717) is 33.7 Å². The van der Waals surface area contributed by atoms with E-state index in [-0.39, 0.29) is 84.8 Å². The molecule has 39 nitrogen and oxygen atoms in total. The second-order valence-electron chi connectivity index (χ2n) is 27.3. The first-order chi connectivity index (χ1) is 53.5. The molecular formula is C68H94Br2N16O23S4. The molecule has 1 saturated heterocycles. The number of ether oxygens (including phenoxy) is 3. The highest BCUT2D eigenvalue weighted by molar-refractivity contribution is 9.09. The highest BCUT2D eigenvalue weighted by atomic mass is 79.9. The molecule has 7 rings (SSSR count). The average Bonchev–Trinajstić information content (AvgIpc) is 1.62. The molecule has 17 N–H and O–H groups in total. The lowest BCUT2D eigenvalue weighted by Crippen LogP contribution is -2.62.